The molecular formula is C9H9NO. The van der Waals surface area contributed by atoms with Gasteiger partial charge < -0.3 is 0 Å². The Balaban J connectivity index is 2.66. The van der Waals surface area contributed by atoms with E-state index in [9.17, 15) is 4.79 Å². The van der Waals surface area contributed by atoms with Crippen LogP contribution in [0.2, 0.25) is 0 Å². The molecular weight excluding hydrogens is 138 g/mol. The molecule has 0 aliphatic heterocycles. The molecule has 2 heteroatoms. The SMILES string of the molecule is Cc1cncc2c1CCC2=O. The number of aromatic nitrogens is 1. The molecule has 0 spiro atoms. The lowest BCUT2D eigenvalue weighted by atomic mass is 10.1. The molecule has 0 N–H and O–H groups in total. The second-order valence-electron chi connectivity index (χ2n) is 2.91. The van der Waals surface area contributed by atoms with Crippen LogP contribution in [-0.2, 0) is 6.42 Å². The zero-order valence-corrected chi connectivity index (χ0v) is 6.42. The van der Waals surface area contributed by atoms with E-state index in [0.29, 0.717) is 6.42 Å². The number of carbonyl (C=O) groups is 1. The van der Waals surface area contributed by atoms with Crippen LogP contribution in [0.25, 0.3) is 0 Å². The Morgan fingerprint density at radius 1 is 1.36 bits per heavy atom. The summed E-state index contributed by atoms with van der Waals surface area (Å²) in [7, 11) is 0. The molecule has 1 aromatic rings. The summed E-state index contributed by atoms with van der Waals surface area (Å²) in [6.07, 6.45) is 5.07. The summed E-state index contributed by atoms with van der Waals surface area (Å²) in [5, 5.41) is 0. The third-order valence-corrected chi connectivity index (χ3v) is 2.18. The summed E-state index contributed by atoms with van der Waals surface area (Å²) >= 11 is 0. The molecule has 1 aromatic heterocycles. The molecule has 2 rings (SSSR count). The number of ketones is 1. The van der Waals surface area contributed by atoms with Crippen LogP contribution in [0.4, 0.5) is 0 Å². The van der Waals surface area contributed by atoms with Gasteiger partial charge >= 0.3 is 0 Å². The molecule has 1 aliphatic carbocycles. The van der Waals surface area contributed by atoms with Gasteiger partial charge in [-0.25, -0.2) is 0 Å². The Morgan fingerprint density at radius 3 is 2.91 bits per heavy atom. The Hall–Kier alpha value is -1.18. The molecule has 0 fully saturated rings. The van der Waals surface area contributed by atoms with E-state index in [0.717, 1.165) is 17.5 Å². The van der Waals surface area contributed by atoms with Crippen LogP contribution in [0.1, 0.15) is 27.9 Å². The van der Waals surface area contributed by atoms with E-state index in [1.165, 1.54) is 5.56 Å². The minimum atomic E-state index is 0.246. The van der Waals surface area contributed by atoms with E-state index in [1.54, 1.807) is 6.20 Å². The van der Waals surface area contributed by atoms with Crippen molar-refractivity contribution in [3.63, 3.8) is 0 Å². The van der Waals surface area contributed by atoms with Crippen LogP contribution in [0, 0.1) is 6.92 Å². The maximum atomic E-state index is 11.2. The molecule has 0 atom stereocenters. The van der Waals surface area contributed by atoms with Crippen molar-refractivity contribution in [2.75, 3.05) is 0 Å². The normalized spacial score (nSPS) is 15.2. The van der Waals surface area contributed by atoms with E-state index < -0.39 is 0 Å². The second-order valence-corrected chi connectivity index (χ2v) is 2.91. The summed E-state index contributed by atoms with van der Waals surface area (Å²) in [6.45, 7) is 2.00. The van der Waals surface area contributed by atoms with Crippen molar-refractivity contribution >= 4 is 5.78 Å². The first kappa shape index (κ1) is 6.53. The number of hydrogen-bond acceptors (Lipinski definition) is 2. The van der Waals surface area contributed by atoms with Gasteiger partial charge in [0.1, 0.15) is 0 Å². The third-order valence-electron chi connectivity index (χ3n) is 2.18. The van der Waals surface area contributed by atoms with Crippen LogP contribution < -0.4 is 0 Å². The van der Waals surface area contributed by atoms with E-state index in [4.69, 9.17) is 0 Å². The van der Waals surface area contributed by atoms with Crippen molar-refractivity contribution in [2.24, 2.45) is 0 Å². The average molecular weight is 147 g/mol. The number of Topliss-reactive ketones (excluding diaryl/α,β-unsaturated/α-hetero) is 1. The van der Waals surface area contributed by atoms with Gasteiger partial charge in [0, 0.05) is 24.4 Å². The first-order chi connectivity index (χ1) is 5.29. The fourth-order valence-electron chi connectivity index (χ4n) is 1.54. The summed E-state index contributed by atoms with van der Waals surface area (Å²) in [6, 6.07) is 0. The highest BCUT2D eigenvalue weighted by molar-refractivity contribution is 6.00. The maximum absolute atomic E-state index is 11.2. The van der Waals surface area contributed by atoms with E-state index in [-0.39, 0.29) is 5.78 Å². The molecule has 56 valence electrons. The highest BCUT2D eigenvalue weighted by atomic mass is 16.1. The van der Waals surface area contributed by atoms with Crippen molar-refractivity contribution < 1.29 is 4.79 Å². The molecule has 11 heavy (non-hydrogen) atoms. The molecule has 0 amide bonds. The lowest BCUT2D eigenvalue weighted by Crippen LogP contribution is -1.93. The van der Waals surface area contributed by atoms with Crippen LogP contribution in [0.15, 0.2) is 12.4 Å². The van der Waals surface area contributed by atoms with Crippen molar-refractivity contribution in [1.82, 2.24) is 4.98 Å². The Labute approximate surface area is 65.3 Å². The van der Waals surface area contributed by atoms with Crippen LogP contribution in [-0.4, -0.2) is 10.8 Å². The highest BCUT2D eigenvalue weighted by Crippen LogP contribution is 2.23. The van der Waals surface area contributed by atoms with E-state index >= 15 is 0 Å². The van der Waals surface area contributed by atoms with Crippen LogP contribution >= 0.6 is 0 Å². The zero-order valence-electron chi connectivity index (χ0n) is 6.42. The molecule has 0 radical (unpaired) electrons. The van der Waals surface area contributed by atoms with E-state index in [1.807, 2.05) is 13.1 Å². The molecule has 0 saturated carbocycles. The van der Waals surface area contributed by atoms with Gasteiger partial charge in [-0.15, -0.1) is 0 Å². The smallest absolute Gasteiger partial charge is 0.165 e. The summed E-state index contributed by atoms with van der Waals surface area (Å²) in [5.74, 6) is 0.246. The van der Waals surface area contributed by atoms with Gasteiger partial charge in [-0.3, -0.25) is 9.78 Å². The van der Waals surface area contributed by atoms with Gasteiger partial charge in [-0.1, -0.05) is 0 Å². The van der Waals surface area contributed by atoms with Crippen molar-refractivity contribution in [2.45, 2.75) is 19.8 Å². The maximum Gasteiger partial charge on any atom is 0.165 e. The van der Waals surface area contributed by atoms with Gasteiger partial charge in [0.25, 0.3) is 0 Å². The number of pyridine rings is 1. The molecule has 1 heterocycles. The van der Waals surface area contributed by atoms with Crippen LogP contribution in [0.5, 0.6) is 0 Å². The highest BCUT2D eigenvalue weighted by Gasteiger charge is 2.20. The molecule has 0 aromatic carbocycles. The predicted molar refractivity (Wildman–Crippen MR) is 41.6 cm³/mol. The molecule has 0 saturated heterocycles. The van der Waals surface area contributed by atoms with Gasteiger partial charge in [0.2, 0.25) is 0 Å². The number of aryl methyl sites for hydroxylation is 1. The minimum absolute atomic E-state index is 0.246. The lowest BCUT2D eigenvalue weighted by Gasteiger charge is -1.98. The van der Waals surface area contributed by atoms with Crippen LogP contribution in [0.3, 0.4) is 0 Å². The number of carbonyl (C=O) groups excluding carboxylic acids is 1. The molecule has 2 nitrogen and oxygen atoms in total. The fraction of sp³-hybridized carbons (Fsp3) is 0.333. The number of hydrogen-bond donors (Lipinski definition) is 0. The van der Waals surface area contributed by atoms with Crippen molar-refractivity contribution in [3.8, 4) is 0 Å². The largest absolute Gasteiger partial charge is 0.294 e. The summed E-state index contributed by atoms with van der Waals surface area (Å²) in [4.78, 5) is 15.2. The minimum Gasteiger partial charge on any atom is -0.294 e. The predicted octanol–water partition coefficient (Wildman–Crippen LogP) is 1.52. The first-order valence-electron chi connectivity index (χ1n) is 3.75. The Kier molecular flexibility index (Phi) is 1.28. The standard InChI is InChI=1S/C9H9NO/c1-6-4-10-5-8-7(6)2-3-9(8)11/h4-5H,2-3H2,1H3. The summed E-state index contributed by atoms with van der Waals surface area (Å²) < 4.78 is 0. The first-order valence-corrected chi connectivity index (χ1v) is 3.75. The van der Waals surface area contributed by atoms with Gasteiger partial charge in [0.15, 0.2) is 5.78 Å². The number of fused-ring (bicyclic) bond motifs is 1. The monoisotopic (exact) mass is 147 g/mol. The van der Waals surface area contributed by atoms with Gasteiger partial charge in [-0.2, -0.15) is 0 Å². The summed E-state index contributed by atoms with van der Waals surface area (Å²) in [5.41, 5.74) is 3.18. The number of rotatable bonds is 0. The van der Waals surface area contributed by atoms with Gasteiger partial charge in [0.05, 0.1) is 0 Å². The van der Waals surface area contributed by atoms with Crippen molar-refractivity contribution in [3.05, 3.63) is 29.1 Å². The molecule has 0 unspecified atom stereocenters. The topological polar surface area (TPSA) is 30.0 Å². The van der Waals surface area contributed by atoms with E-state index in [2.05, 4.69) is 4.98 Å². The van der Waals surface area contributed by atoms with Gasteiger partial charge in [-0.05, 0) is 24.5 Å². The molecule has 1 aliphatic rings. The fourth-order valence-corrected chi connectivity index (χ4v) is 1.54. The van der Waals surface area contributed by atoms with Crippen molar-refractivity contribution in [1.29, 1.82) is 0 Å². The lowest BCUT2D eigenvalue weighted by molar-refractivity contribution is 0.0994. The zero-order chi connectivity index (χ0) is 7.84. The average Bonchev–Trinajstić information content (AvgIpc) is 2.35. The Morgan fingerprint density at radius 2 is 2.18 bits per heavy atom. The quantitative estimate of drug-likeness (QED) is 0.557. The third kappa shape index (κ3) is 0.862. The Bertz CT molecular complexity index is 317. The molecule has 0 bridgehead atoms. The number of nitrogens with zero attached hydrogens (tertiary/aromatic N) is 1. The second kappa shape index (κ2) is 2.16.